The van der Waals surface area contributed by atoms with Crippen molar-refractivity contribution >= 4 is 0 Å². The van der Waals surface area contributed by atoms with E-state index in [-0.39, 0.29) is 6.04 Å². The van der Waals surface area contributed by atoms with Crippen LogP contribution in [0, 0.1) is 6.92 Å². The third-order valence-corrected chi connectivity index (χ3v) is 2.33. The van der Waals surface area contributed by atoms with Crippen molar-refractivity contribution in [3.05, 3.63) is 41.6 Å². The summed E-state index contributed by atoms with van der Waals surface area (Å²) in [4.78, 5) is 0. The minimum atomic E-state index is -0.161. The van der Waals surface area contributed by atoms with E-state index in [2.05, 4.69) is 10.5 Å². The molecule has 0 aliphatic rings. The number of aromatic nitrogens is 2. The van der Waals surface area contributed by atoms with Gasteiger partial charge in [0.2, 0.25) is 0 Å². The Kier molecular flexibility index (Phi) is 2.57. The van der Waals surface area contributed by atoms with Crippen LogP contribution in [-0.4, -0.2) is 9.78 Å². The van der Waals surface area contributed by atoms with Crippen LogP contribution in [-0.2, 0) is 7.05 Å². The maximum absolute atomic E-state index is 5.52. The fraction of sp³-hybridized carbons (Fsp3) is 0.300. The fourth-order valence-electron chi connectivity index (χ4n) is 1.67. The molecule has 0 amide bonds. The van der Waals surface area contributed by atoms with Crippen molar-refractivity contribution < 1.29 is 4.42 Å². The summed E-state index contributed by atoms with van der Waals surface area (Å²) in [6.45, 7) is 1.94. The topological polar surface area (TPSA) is 69.0 Å². The minimum Gasteiger partial charge on any atom is -0.467 e. The van der Waals surface area contributed by atoms with Crippen molar-refractivity contribution in [3.63, 3.8) is 0 Å². The Morgan fingerprint density at radius 2 is 2.40 bits per heavy atom. The molecule has 2 aromatic rings. The Hall–Kier alpha value is -1.59. The summed E-state index contributed by atoms with van der Waals surface area (Å²) < 4.78 is 7.12. The van der Waals surface area contributed by atoms with Crippen LogP contribution < -0.4 is 11.3 Å². The van der Waals surface area contributed by atoms with Gasteiger partial charge in [-0.05, 0) is 25.1 Å². The van der Waals surface area contributed by atoms with Gasteiger partial charge in [-0.3, -0.25) is 10.5 Å². The van der Waals surface area contributed by atoms with Gasteiger partial charge in [-0.2, -0.15) is 5.10 Å². The number of nitrogens with two attached hydrogens (primary N) is 1. The molecule has 2 heterocycles. The van der Waals surface area contributed by atoms with Crippen LogP contribution in [0.25, 0.3) is 0 Å². The molecular formula is C10H14N4O. The van der Waals surface area contributed by atoms with Gasteiger partial charge in [0.05, 0.1) is 17.7 Å². The monoisotopic (exact) mass is 206 g/mol. The molecule has 0 saturated carbocycles. The Bertz CT molecular complexity index is 432. The van der Waals surface area contributed by atoms with E-state index in [0.717, 1.165) is 17.1 Å². The van der Waals surface area contributed by atoms with E-state index in [1.54, 1.807) is 10.9 Å². The maximum Gasteiger partial charge on any atom is 0.128 e. The molecular weight excluding hydrogens is 192 g/mol. The largest absolute Gasteiger partial charge is 0.467 e. The molecule has 5 heteroatoms. The summed E-state index contributed by atoms with van der Waals surface area (Å²) in [6.07, 6.45) is 1.63. The number of nitrogens with zero attached hydrogens (tertiary/aromatic N) is 2. The van der Waals surface area contributed by atoms with Crippen LogP contribution in [0.1, 0.15) is 23.2 Å². The zero-order valence-electron chi connectivity index (χ0n) is 8.77. The summed E-state index contributed by atoms with van der Waals surface area (Å²) in [5.74, 6) is 6.30. The van der Waals surface area contributed by atoms with Crippen molar-refractivity contribution in [2.45, 2.75) is 13.0 Å². The van der Waals surface area contributed by atoms with E-state index < -0.39 is 0 Å². The SMILES string of the molecule is Cc1cc(C(NN)c2ccco2)n(C)n1. The number of hydrogen-bond donors (Lipinski definition) is 2. The zero-order valence-corrected chi connectivity index (χ0v) is 8.77. The first-order valence-electron chi connectivity index (χ1n) is 4.72. The Morgan fingerprint density at radius 1 is 1.60 bits per heavy atom. The smallest absolute Gasteiger partial charge is 0.128 e. The molecule has 0 radical (unpaired) electrons. The third-order valence-electron chi connectivity index (χ3n) is 2.33. The van der Waals surface area contributed by atoms with E-state index in [9.17, 15) is 0 Å². The number of rotatable bonds is 3. The summed E-state index contributed by atoms with van der Waals surface area (Å²) in [5, 5.41) is 4.27. The van der Waals surface area contributed by atoms with E-state index in [0.29, 0.717) is 0 Å². The second-order valence-electron chi connectivity index (χ2n) is 3.45. The first-order chi connectivity index (χ1) is 7.22. The number of hydrazine groups is 1. The van der Waals surface area contributed by atoms with Crippen LogP contribution in [0.3, 0.4) is 0 Å². The van der Waals surface area contributed by atoms with Crippen molar-refractivity contribution in [2.24, 2.45) is 12.9 Å². The number of aryl methyl sites for hydroxylation is 2. The molecule has 0 spiro atoms. The highest BCUT2D eigenvalue weighted by Crippen LogP contribution is 2.21. The Morgan fingerprint density at radius 3 is 2.87 bits per heavy atom. The van der Waals surface area contributed by atoms with Gasteiger partial charge in [-0.1, -0.05) is 0 Å². The Labute approximate surface area is 87.8 Å². The standard InChI is InChI=1S/C10H14N4O/c1-7-6-8(14(2)13-7)10(12-11)9-4-3-5-15-9/h3-6,10,12H,11H2,1-2H3. The minimum absolute atomic E-state index is 0.161. The average molecular weight is 206 g/mol. The van der Waals surface area contributed by atoms with Gasteiger partial charge >= 0.3 is 0 Å². The molecule has 0 aromatic carbocycles. The summed E-state index contributed by atoms with van der Waals surface area (Å²) >= 11 is 0. The van der Waals surface area contributed by atoms with Crippen molar-refractivity contribution in [3.8, 4) is 0 Å². The molecule has 0 aliphatic carbocycles. The first kappa shape index (κ1) is 9.95. The van der Waals surface area contributed by atoms with Gasteiger partial charge in [0, 0.05) is 7.05 Å². The van der Waals surface area contributed by atoms with Gasteiger partial charge in [0.25, 0.3) is 0 Å². The van der Waals surface area contributed by atoms with E-state index in [4.69, 9.17) is 10.3 Å². The molecule has 15 heavy (non-hydrogen) atoms. The molecule has 0 bridgehead atoms. The second-order valence-corrected chi connectivity index (χ2v) is 3.45. The zero-order chi connectivity index (χ0) is 10.8. The van der Waals surface area contributed by atoms with Gasteiger partial charge in [-0.25, -0.2) is 5.43 Å². The van der Waals surface area contributed by atoms with E-state index in [1.165, 1.54) is 0 Å². The van der Waals surface area contributed by atoms with Gasteiger partial charge in [0.1, 0.15) is 11.8 Å². The van der Waals surface area contributed by atoms with E-state index in [1.807, 2.05) is 32.2 Å². The molecule has 3 N–H and O–H groups in total. The second kappa shape index (κ2) is 3.88. The van der Waals surface area contributed by atoms with Crippen molar-refractivity contribution in [1.29, 1.82) is 0 Å². The molecule has 5 nitrogen and oxygen atoms in total. The third kappa shape index (κ3) is 1.79. The summed E-state index contributed by atoms with van der Waals surface area (Å²) in [6, 6.07) is 5.54. The normalized spacial score (nSPS) is 13.0. The van der Waals surface area contributed by atoms with E-state index >= 15 is 0 Å². The van der Waals surface area contributed by atoms with Crippen molar-refractivity contribution in [1.82, 2.24) is 15.2 Å². The molecule has 0 fully saturated rings. The van der Waals surface area contributed by atoms with Crippen molar-refractivity contribution in [2.75, 3.05) is 0 Å². The lowest BCUT2D eigenvalue weighted by Gasteiger charge is -2.13. The number of hydrogen-bond acceptors (Lipinski definition) is 4. The fourth-order valence-corrected chi connectivity index (χ4v) is 1.67. The van der Waals surface area contributed by atoms with Crippen LogP contribution in [0.4, 0.5) is 0 Å². The highest BCUT2D eigenvalue weighted by Gasteiger charge is 2.18. The van der Waals surface area contributed by atoms with Gasteiger partial charge < -0.3 is 4.42 Å². The predicted octanol–water partition coefficient (Wildman–Crippen LogP) is 0.874. The van der Waals surface area contributed by atoms with Crippen LogP contribution >= 0.6 is 0 Å². The molecule has 2 aromatic heterocycles. The molecule has 2 rings (SSSR count). The highest BCUT2D eigenvalue weighted by molar-refractivity contribution is 5.21. The Balaban J connectivity index is 2.39. The van der Waals surface area contributed by atoms with Crippen LogP contribution in [0.15, 0.2) is 28.9 Å². The number of furan rings is 1. The molecule has 0 saturated heterocycles. The molecule has 1 atom stereocenters. The summed E-state index contributed by atoms with van der Waals surface area (Å²) in [7, 11) is 1.88. The first-order valence-corrected chi connectivity index (χ1v) is 4.72. The lowest BCUT2D eigenvalue weighted by Crippen LogP contribution is -2.30. The summed E-state index contributed by atoms with van der Waals surface area (Å²) in [5.41, 5.74) is 4.65. The maximum atomic E-state index is 5.52. The lowest BCUT2D eigenvalue weighted by molar-refractivity contribution is 0.437. The molecule has 0 aliphatic heterocycles. The average Bonchev–Trinajstić information content (AvgIpc) is 2.79. The molecule has 80 valence electrons. The van der Waals surface area contributed by atoms with Crippen LogP contribution in [0.5, 0.6) is 0 Å². The van der Waals surface area contributed by atoms with Crippen LogP contribution in [0.2, 0.25) is 0 Å². The predicted molar refractivity (Wildman–Crippen MR) is 55.8 cm³/mol. The molecule has 1 unspecified atom stereocenters. The van der Waals surface area contributed by atoms with Gasteiger partial charge in [-0.15, -0.1) is 0 Å². The number of nitrogens with one attached hydrogen (secondary N) is 1. The van der Waals surface area contributed by atoms with Gasteiger partial charge in [0.15, 0.2) is 0 Å². The lowest BCUT2D eigenvalue weighted by atomic mass is 10.1. The highest BCUT2D eigenvalue weighted by atomic mass is 16.3. The quantitative estimate of drug-likeness (QED) is 0.577.